The molecule has 0 saturated heterocycles. The number of allylic oxidation sites excluding steroid dienone is 6. The quantitative estimate of drug-likeness (QED) is 0.456. The van der Waals surface area contributed by atoms with Crippen molar-refractivity contribution in [3.63, 3.8) is 0 Å². The molecule has 32 heavy (non-hydrogen) atoms. The van der Waals surface area contributed by atoms with Crippen LogP contribution in [0.1, 0.15) is 39.2 Å². The molecule has 0 bridgehead atoms. The monoisotopic (exact) mass is 488 g/mol. The van der Waals surface area contributed by atoms with E-state index in [2.05, 4.69) is 10.6 Å². The number of carbonyl (C=O) groups is 1. The third-order valence-electron chi connectivity index (χ3n) is 4.91. The molecule has 0 saturated carbocycles. The highest BCUT2D eigenvalue weighted by Gasteiger charge is 2.33. The molecule has 9 heteroatoms. The van der Waals surface area contributed by atoms with Gasteiger partial charge in [0, 0.05) is 11.6 Å². The fourth-order valence-corrected chi connectivity index (χ4v) is 4.01. The number of methoxy groups -OCH3 is 1. The molecule has 1 unspecified atom stereocenters. The van der Waals surface area contributed by atoms with E-state index in [0.29, 0.717) is 16.5 Å². The first-order valence-electron chi connectivity index (χ1n) is 10.1. The predicted molar refractivity (Wildman–Crippen MR) is 122 cm³/mol. The molecule has 174 valence electrons. The number of fused-ring (bicyclic) bond motifs is 1. The molecule has 2 aliphatic carbocycles. The van der Waals surface area contributed by atoms with Gasteiger partial charge in [0.05, 0.1) is 28.4 Å². The topological polar surface area (TPSA) is 50.4 Å². The molecule has 0 aromatic heterocycles. The van der Waals surface area contributed by atoms with Gasteiger partial charge in [0.15, 0.2) is 0 Å². The molecule has 1 aromatic rings. The van der Waals surface area contributed by atoms with Crippen LogP contribution in [0.4, 0.5) is 23.7 Å². The van der Waals surface area contributed by atoms with Gasteiger partial charge >= 0.3 is 12.2 Å². The second-order valence-electron chi connectivity index (χ2n) is 6.92. The van der Waals surface area contributed by atoms with Crippen molar-refractivity contribution in [1.29, 1.82) is 0 Å². The van der Waals surface area contributed by atoms with E-state index >= 15 is 0 Å². The Hall–Kier alpha value is -2.38. The van der Waals surface area contributed by atoms with E-state index in [0.717, 1.165) is 36.1 Å². The van der Waals surface area contributed by atoms with E-state index in [1.807, 2.05) is 32.9 Å². The van der Waals surface area contributed by atoms with E-state index < -0.39 is 22.8 Å². The van der Waals surface area contributed by atoms with Crippen molar-refractivity contribution < 1.29 is 22.7 Å². The molecule has 1 atom stereocenters. The zero-order valence-electron chi connectivity index (χ0n) is 18.2. The lowest BCUT2D eigenvalue weighted by Gasteiger charge is -2.27. The number of hydrogen-bond acceptors (Lipinski definition) is 2. The summed E-state index contributed by atoms with van der Waals surface area (Å²) in [6.07, 6.45) is 2.52. The number of halogens is 5. The molecule has 0 aliphatic heterocycles. The zero-order chi connectivity index (χ0) is 24.1. The van der Waals surface area contributed by atoms with Crippen molar-refractivity contribution >= 4 is 34.9 Å². The minimum Gasteiger partial charge on any atom is -0.497 e. The average molecular weight is 489 g/mol. The van der Waals surface area contributed by atoms with Crippen LogP contribution in [-0.2, 0) is 10.9 Å². The van der Waals surface area contributed by atoms with Crippen LogP contribution in [0.5, 0.6) is 0 Å². The van der Waals surface area contributed by atoms with Crippen LogP contribution >= 0.6 is 23.2 Å². The largest absolute Gasteiger partial charge is 0.497 e. The van der Waals surface area contributed by atoms with Crippen molar-refractivity contribution in [2.75, 3.05) is 12.4 Å². The van der Waals surface area contributed by atoms with Gasteiger partial charge in [0.2, 0.25) is 0 Å². The maximum atomic E-state index is 13.1. The predicted octanol–water partition coefficient (Wildman–Crippen LogP) is 7.78. The van der Waals surface area contributed by atoms with Gasteiger partial charge in [-0.3, -0.25) is 0 Å². The van der Waals surface area contributed by atoms with E-state index in [4.69, 9.17) is 27.9 Å². The highest BCUT2D eigenvalue weighted by Crippen LogP contribution is 2.40. The molecule has 2 amide bonds. The summed E-state index contributed by atoms with van der Waals surface area (Å²) in [5.41, 5.74) is 1.15. The molecule has 2 aliphatic rings. The Kier molecular flexibility index (Phi) is 8.87. The molecule has 0 spiro atoms. The standard InChI is InChI=1S/C21H19Cl2F3N2O2.C2H6/c1-11-8-18(23)19(15-10-13(30-2)4-3-5-14(11)15)28-20(29)27-12-6-7-17(22)16(9-12)21(24,25)26;1-2/h4,6-10,14H,3,5H2,1-2H3,(H2,27,28,29);1-2H3. The number of alkyl halides is 3. The molecule has 0 fully saturated rings. The van der Waals surface area contributed by atoms with Gasteiger partial charge in [0.25, 0.3) is 0 Å². The number of rotatable bonds is 3. The fraction of sp³-hybridized carbons (Fsp3) is 0.348. The summed E-state index contributed by atoms with van der Waals surface area (Å²) in [6.45, 7) is 5.96. The first kappa shape index (κ1) is 25.9. The Labute approximate surface area is 195 Å². The molecular weight excluding hydrogens is 464 g/mol. The summed E-state index contributed by atoms with van der Waals surface area (Å²) < 4.78 is 44.5. The Morgan fingerprint density at radius 3 is 2.47 bits per heavy atom. The number of ether oxygens (including phenoxy) is 1. The Morgan fingerprint density at radius 1 is 1.16 bits per heavy atom. The van der Waals surface area contributed by atoms with E-state index in [1.165, 1.54) is 6.07 Å². The number of benzene rings is 1. The molecule has 0 radical (unpaired) electrons. The van der Waals surface area contributed by atoms with Crippen LogP contribution in [0, 0.1) is 5.92 Å². The van der Waals surface area contributed by atoms with Crippen LogP contribution in [0.3, 0.4) is 0 Å². The van der Waals surface area contributed by atoms with Crippen LogP contribution in [0.2, 0.25) is 5.02 Å². The first-order chi connectivity index (χ1) is 15.1. The lowest BCUT2D eigenvalue weighted by molar-refractivity contribution is -0.137. The molecule has 2 N–H and O–H groups in total. The number of amides is 2. The highest BCUT2D eigenvalue weighted by molar-refractivity contribution is 6.32. The molecular formula is C23H25Cl2F3N2O2. The summed E-state index contributed by atoms with van der Waals surface area (Å²) in [5, 5.41) is 4.95. The van der Waals surface area contributed by atoms with Crippen molar-refractivity contribution in [1.82, 2.24) is 5.32 Å². The summed E-state index contributed by atoms with van der Waals surface area (Å²) in [5.74, 6) is 0.693. The molecule has 0 heterocycles. The van der Waals surface area contributed by atoms with Crippen LogP contribution in [0.15, 0.2) is 64.1 Å². The van der Waals surface area contributed by atoms with Gasteiger partial charge in [-0.2, -0.15) is 13.2 Å². The van der Waals surface area contributed by atoms with Crippen LogP contribution in [0.25, 0.3) is 0 Å². The smallest absolute Gasteiger partial charge is 0.417 e. The Morgan fingerprint density at radius 2 is 1.84 bits per heavy atom. The Balaban J connectivity index is 0.00000176. The zero-order valence-corrected chi connectivity index (χ0v) is 19.7. The highest BCUT2D eigenvalue weighted by atomic mass is 35.5. The minimum atomic E-state index is -4.63. The molecule has 4 nitrogen and oxygen atoms in total. The SMILES string of the molecule is CC.COC1=CCCC2C(C)=CC(Cl)=C(NC(=O)Nc3ccc(Cl)c(C(F)(F)F)c3)C2=C1. The average Bonchev–Trinajstić information content (AvgIpc) is 2.96. The first-order valence-corrected chi connectivity index (χ1v) is 10.8. The number of carbonyl (C=O) groups excluding carboxylic acids is 1. The van der Waals surface area contributed by atoms with Crippen molar-refractivity contribution in [3.8, 4) is 0 Å². The minimum absolute atomic E-state index is 0.0408. The van der Waals surface area contributed by atoms with Crippen molar-refractivity contribution in [2.24, 2.45) is 5.92 Å². The van der Waals surface area contributed by atoms with Gasteiger partial charge in [-0.15, -0.1) is 0 Å². The van der Waals surface area contributed by atoms with E-state index in [9.17, 15) is 18.0 Å². The number of nitrogens with one attached hydrogen (secondary N) is 2. The summed E-state index contributed by atoms with van der Waals surface area (Å²) >= 11 is 12.0. The lowest BCUT2D eigenvalue weighted by atomic mass is 9.83. The third kappa shape index (κ3) is 6.11. The Bertz CT molecular complexity index is 995. The number of urea groups is 1. The van der Waals surface area contributed by atoms with Gasteiger partial charge < -0.3 is 15.4 Å². The molecule has 1 aromatic carbocycles. The summed E-state index contributed by atoms with van der Waals surface area (Å²) in [4.78, 5) is 12.5. The van der Waals surface area contributed by atoms with Gasteiger partial charge in [0.1, 0.15) is 5.76 Å². The fourth-order valence-electron chi connectivity index (χ4n) is 3.46. The third-order valence-corrected chi connectivity index (χ3v) is 5.54. The maximum absolute atomic E-state index is 13.1. The molecule has 3 rings (SSSR count). The van der Waals surface area contributed by atoms with Crippen LogP contribution < -0.4 is 10.6 Å². The van der Waals surface area contributed by atoms with E-state index in [1.54, 1.807) is 13.2 Å². The number of anilines is 1. The summed E-state index contributed by atoms with van der Waals surface area (Å²) in [6, 6.07) is 2.43. The van der Waals surface area contributed by atoms with Crippen molar-refractivity contribution in [2.45, 2.75) is 39.8 Å². The normalized spacial score (nSPS) is 18.2. The number of hydrogen-bond donors (Lipinski definition) is 2. The maximum Gasteiger partial charge on any atom is 0.417 e. The second kappa shape index (κ2) is 11.0. The van der Waals surface area contributed by atoms with E-state index in [-0.39, 0.29) is 11.6 Å². The summed E-state index contributed by atoms with van der Waals surface area (Å²) in [7, 11) is 1.55. The van der Waals surface area contributed by atoms with Gasteiger partial charge in [-0.25, -0.2) is 4.79 Å². The van der Waals surface area contributed by atoms with Gasteiger partial charge in [-0.1, -0.05) is 42.6 Å². The van der Waals surface area contributed by atoms with Gasteiger partial charge in [-0.05, 0) is 61.8 Å². The van der Waals surface area contributed by atoms with Crippen LogP contribution in [-0.4, -0.2) is 13.1 Å². The lowest BCUT2D eigenvalue weighted by Crippen LogP contribution is -2.32. The van der Waals surface area contributed by atoms with Crippen molar-refractivity contribution in [3.05, 3.63) is 74.6 Å². The second-order valence-corrected chi connectivity index (χ2v) is 7.74.